The first kappa shape index (κ1) is 20.1. The van der Waals surface area contributed by atoms with Gasteiger partial charge in [0, 0.05) is 10.0 Å². The number of aldehydes is 1. The van der Waals surface area contributed by atoms with Crippen LogP contribution in [0.3, 0.4) is 0 Å². The maximum atomic E-state index is 10.4. The van der Waals surface area contributed by atoms with Crippen LogP contribution in [-0.4, -0.2) is 22.4 Å². The molecule has 0 radical (unpaired) electrons. The van der Waals surface area contributed by atoms with Crippen molar-refractivity contribution in [2.45, 2.75) is 39.3 Å². The summed E-state index contributed by atoms with van der Waals surface area (Å²) in [4.78, 5) is 10.4. The van der Waals surface area contributed by atoms with Gasteiger partial charge in [-0.3, -0.25) is 4.79 Å². The second-order valence-electron chi connectivity index (χ2n) is 7.75. The molecule has 0 N–H and O–H groups in total. The maximum Gasteiger partial charge on any atom is 0.150 e. The van der Waals surface area contributed by atoms with Crippen molar-refractivity contribution in [1.29, 1.82) is 0 Å². The average molecular weight is 408 g/mol. The van der Waals surface area contributed by atoms with Crippen LogP contribution in [-0.2, 0) is 0 Å². The van der Waals surface area contributed by atoms with Gasteiger partial charge in [0.05, 0.1) is 16.1 Å². The Morgan fingerprint density at radius 2 is 1.04 bits per heavy atom. The molecule has 0 aliphatic heterocycles. The summed E-state index contributed by atoms with van der Waals surface area (Å²) in [6.45, 7) is 14.0. The quantitative estimate of drug-likeness (QED) is 0.515. The summed E-state index contributed by atoms with van der Waals surface area (Å²) in [7, 11) is -2.26. The Kier molecular flexibility index (Phi) is 7.17. The topological polar surface area (TPSA) is 17.1 Å². The van der Waals surface area contributed by atoms with E-state index in [1.165, 1.54) is 14.8 Å². The molecule has 2 rings (SSSR count). The molecule has 4 heteroatoms. The normalized spacial score (nSPS) is 11.4. The van der Waals surface area contributed by atoms with Gasteiger partial charge < -0.3 is 0 Å². The van der Waals surface area contributed by atoms with E-state index < -0.39 is 16.1 Å². The zero-order chi connectivity index (χ0) is 17.7. The minimum atomic E-state index is -1.18. The van der Waals surface area contributed by atoms with E-state index in [1.54, 1.807) is 0 Å². The lowest BCUT2D eigenvalue weighted by Crippen LogP contribution is -2.37. The van der Waals surface area contributed by atoms with Crippen LogP contribution in [0, 0.1) is 0 Å². The Labute approximate surface area is 151 Å². The molecule has 23 heavy (non-hydrogen) atoms. The van der Waals surface area contributed by atoms with Gasteiger partial charge in [0.25, 0.3) is 0 Å². The molecule has 0 atom stereocenters. The molecule has 0 fully saturated rings. The molecule has 1 nitrogen and oxygen atoms in total. The molecule has 0 bridgehead atoms. The lowest BCUT2D eigenvalue weighted by atomic mass is 10.2. The van der Waals surface area contributed by atoms with Crippen LogP contribution in [0.25, 0.3) is 0 Å². The highest BCUT2D eigenvalue weighted by atomic mass is 79.9. The Morgan fingerprint density at radius 3 is 1.35 bits per heavy atom. The monoisotopic (exact) mass is 406 g/mol. The first-order chi connectivity index (χ1) is 10.5. The van der Waals surface area contributed by atoms with Crippen LogP contribution in [0.5, 0.6) is 0 Å². The van der Waals surface area contributed by atoms with E-state index >= 15 is 0 Å². The van der Waals surface area contributed by atoms with Gasteiger partial charge in [0.1, 0.15) is 6.29 Å². The summed E-state index contributed by atoms with van der Waals surface area (Å²) in [6.07, 6.45) is 0.883. The van der Waals surface area contributed by atoms with Gasteiger partial charge in [-0.25, -0.2) is 0 Å². The molecule has 0 aliphatic carbocycles. The molecule has 0 amide bonds. The molecule has 124 valence electrons. The van der Waals surface area contributed by atoms with Gasteiger partial charge in [-0.1, -0.05) is 102 Å². The molecule has 0 unspecified atom stereocenters. The Morgan fingerprint density at radius 1 is 0.696 bits per heavy atom. The third-order valence-corrected chi connectivity index (χ3v) is 8.28. The maximum absolute atomic E-state index is 10.4. The first-order valence-corrected chi connectivity index (χ1v) is 15.6. The van der Waals surface area contributed by atoms with Crippen molar-refractivity contribution < 1.29 is 4.79 Å². The van der Waals surface area contributed by atoms with E-state index in [1.807, 2.05) is 12.1 Å². The fourth-order valence-electron chi connectivity index (χ4n) is 2.01. The van der Waals surface area contributed by atoms with E-state index in [4.69, 9.17) is 0 Å². The number of carbonyl (C=O) groups is 1. The largest absolute Gasteiger partial charge is 0.298 e. The Bertz CT molecular complexity index is 620. The summed E-state index contributed by atoms with van der Waals surface area (Å²) in [5.41, 5.74) is 0.761. The fourth-order valence-corrected chi connectivity index (χ4v) is 4.61. The van der Waals surface area contributed by atoms with Gasteiger partial charge in [-0.2, -0.15) is 0 Å². The van der Waals surface area contributed by atoms with E-state index in [-0.39, 0.29) is 0 Å². The number of hydrogen-bond acceptors (Lipinski definition) is 1. The minimum Gasteiger partial charge on any atom is -0.298 e. The third kappa shape index (κ3) is 6.98. The highest BCUT2D eigenvalue weighted by molar-refractivity contribution is 9.10. The average Bonchev–Trinajstić information content (AvgIpc) is 2.46. The molecule has 0 saturated heterocycles. The highest BCUT2D eigenvalue weighted by Gasteiger charge is 2.15. The number of halogens is 1. The third-order valence-electron chi connectivity index (χ3n) is 3.62. The number of rotatable bonds is 3. The minimum absolute atomic E-state index is 0.761. The lowest BCUT2D eigenvalue weighted by molar-refractivity contribution is 0.112. The summed E-state index contributed by atoms with van der Waals surface area (Å²) >= 11 is 3.43. The van der Waals surface area contributed by atoms with Crippen LogP contribution in [0.15, 0.2) is 53.0 Å². The van der Waals surface area contributed by atoms with Crippen molar-refractivity contribution in [1.82, 2.24) is 0 Å². The second kappa shape index (κ2) is 8.22. The zero-order valence-corrected chi connectivity index (χ0v) is 18.6. The van der Waals surface area contributed by atoms with Crippen LogP contribution < -0.4 is 10.4 Å². The predicted octanol–water partition coefficient (Wildman–Crippen LogP) is 5.04. The van der Waals surface area contributed by atoms with Crippen molar-refractivity contribution >= 4 is 48.7 Å². The van der Waals surface area contributed by atoms with Crippen molar-refractivity contribution in [2.24, 2.45) is 0 Å². The van der Waals surface area contributed by atoms with Crippen LogP contribution in [0.1, 0.15) is 10.4 Å². The van der Waals surface area contributed by atoms with Gasteiger partial charge >= 0.3 is 0 Å². The second-order valence-corrected chi connectivity index (χ2v) is 18.8. The molecular formula is C19H27BrOSi2. The predicted molar refractivity (Wildman–Crippen MR) is 112 cm³/mol. The fraction of sp³-hybridized carbons (Fsp3) is 0.316. The van der Waals surface area contributed by atoms with Crippen molar-refractivity contribution in [3.63, 3.8) is 0 Å². The summed E-state index contributed by atoms with van der Waals surface area (Å²) in [5, 5.41) is 2.91. The molecule has 0 heterocycles. The smallest absolute Gasteiger partial charge is 0.150 e. The van der Waals surface area contributed by atoms with Crippen molar-refractivity contribution in [3.8, 4) is 0 Å². The Balaban J connectivity index is 0.000000231. The van der Waals surface area contributed by atoms with Crippen LogP contribution in [0.2, 0.25) is 39.3 Å². The summed E-state index contributed by atoms with van der Waals surface area (Å²) in [5.74, 6) is 0. The van der Waals surface area contributed by atoms with E-state index in [0.29, 0.717) is 0 Å². The van der Waals surface area contributed by atoms with Crippen LogP contribution in [0.4, 0.5) is 0 Å². The van der Waals surface area contributed by atoms with E-state index in [0.717, 1.165) is 11.8 Å². The molecule has 2 aromatic rings. The van der Waals surface area contributed by atoms with Gasteiger partial charge in [0.2, 0.25) is 0 Å². The number of carbonyl (C=O) groups excluding carboxylic acids is 1. The summed E-state index contributed by atoms with van der Waals surface area (Å²) in [6, 6.07) is 16.6. The standard InChI is InChI=1S/C10H14OSi.C9H13BrSi/c1-12(2,3)10-6-4-9(8-11)5-7-10;1-11(2,3)9-6-4-8(10)5-7-9/h4-8H,1-3H3;4-7H,1-3H3. The zero-order valence-electron chi connectivity index (χ0n) is 15.0. The van der Waals surface area contributed by atoms with E-state index in [9.17, 15) is 4.79 Å². The van der Waals surface area contributed by atoms with Crippen molar-refractivity contribution in [2.75, 3.05) is 0 Å². The van der Waals surface area contributed by atoms with Gasteiger partial charge in [0.15, 0.2) is 0 Å². The molecular weight excluding hydrogens is 380 g/mol. The number of benzene rings is 2. The number of hydrogen-bond donors (Lipinski definition) is 0. The highest BCUT2D eigenvalue weighted by Crippen LogP contribution is 2.09. The van der Waals surface area contributed by atoms with E-state index in [2.05, 4.69) is 91.6 Å². The van der Waals surface area contributed by atoms with Crippen molar-refractivity contribution in [3.05, 3.63) is 58.6 Å². The first-order valence-electron chi connectivity index (χ1n) is 7.86. The molecule has 2 aromatic carbocycles. The Hall–Kier alpha value is -0.976. The molecule has 0 saturated carbocycles. The van der Waals surface area contributed by atoms with Crippen LogP contribution >= 0.6 is 15.9 Å². The van der Waals surface area contributed by atoms with Gasteiger partial charge in [-0.15, -0.1) is 0 Å². The lowest BCUT2D eigenvalue weighted by Gasteiger charge is -2.15. The van der Waals surface area contributed by atoms with Gasteiger partial charge in [-0.05, 0) is 12.1 Å². The molecule has 0 aliphatic rings. The SMILES string of the molecule is C[Si](C)(C)c1ccc(Br)cc1.C[Si](C)(C)c1ccc(C=O)cc1. The summed E-state index contributed by atoms with van der Waals surface area (Å²) < 4.78 is 1.17. The molecule has 0 spiro atoms. The molecule has 0 aromatic heterocycles.